The summed E-state index contributed by atoms with van der Waals surface area (Å²) < 4.78 is 5.81. The van der Waals surface area contributed by atoms with E-state index in [-0.39, 0.29) is 11.1 Å². The zero-order valence-electron chi connectivity index (χ0n) is 12.6. The van der Waals surface area contributed by atoms with Crippen LogP contribution in [0.2, 0.25) is 0 Å². The number of para-hydroxylation sites is 1. The average molecular weight is 262 g/mol. The average Bonchev–Trinajstić information content (AvgIpc) is 2.35. The molecule has 1 heterocycles. The van der Waals surface area contributed by atoms with E-state index in [2.05, 4.69) is 37.9 Å². The molecular weight excluding hydrogens is 236 g/mol. The second kappa shape index (κ2) is 5.51. The van der Waals surface area contributed by atoms with E-state index in [0.29, 0.717) is 0 Å². The molecule has 2 rings (SSSR count). The van der Waals surface area contributed by atoms with Crippen LogP contribution in [0, 0.1) is 0 Å². The number of benzene rings is 1. The third-order valence-electron chi connectivity index (χ3n) is 3.81. The Bertz CT molecular complexity index is 400. The summed E-state index contributed by atoms with van der Waals surface area (Å²) >= 11 is 0. The second-order valence-electron chi connectivity index (χ2n) is 6.63. The lowest BCUT2D eigenvalue weighted by Crippen LogP contribution is -2.66. The Hall–Kier alpha value is -1.06. The van der Waals surface area contributed by atoms with Crippen molar-refractivity contribution in [3.8, 4) is 5.75 Å². The predicted octanol–water partition coefficient (Wildman–Crippen LogP) is 2.53. The zero-order valence-corrected chi connectivity index (χ0v) is 12.6. The highest BCUT2D eigenvalue weighted by Gasteiger charge is 2.37. The SMILES string of the molecule is CC1(C)CN(CCOc2ccccc2)C(C)(C)CN1. The van der Waals surface area contributed by atoms with E-state index in [4.69, 9.17) is 4.74 Å². The van der Waals surface area contributed by atoms with Gasteiger partial charge < -0.3 is 10.1 Å². The molecule has 0 aliphatic carbocycles. The second-order valence-corrected chi connectivity index (χ2v) is 6.63. The molecule has 0 atom stereocenters. The molecule has 0 spiro atoms. The van der Waals surface area contributed by atoms with Gasteiger partial charge in [0, 0.05) is 30.7 Å². The fourth-order valence-corrected chi connectivity index (χ4v) is 2.49. The van der Waals surface area contributed by atoms with Crippen LogP contribution in [0.25, 0.3) is 0 Å². The minimum absolute atomic E-state index is 0.183. The Kier molecular flexibility index (Phi) is 4.16. The molecule has 1 saturated heterocycles. The highest BCUT2D eigenvalue weighted by atomic mass is 16.5. The van der Waals surface area contributed by atoms with E-state index < -0.39 is 0 Å². The summed E-state index contributed by atoms with van der Waals surface area (Å²) in [6.45, 7) is 12.9. The van der Waals surface area contributed by atoms with E-state index in [9.17, 15) is 0 Å². The summed E-state index contributed by atoms with van der Waals surface area (Å²) in [7, 11) is 0. The highest BCUT2D eigenvalue weighted by molar-refractivity contribution is 5.20. The number of ether oxygens (including phenoxy) is 1. The lowest BCUT2D eigenvalue weighted by atomic mass is 9.91. The van der Waals surface area contributed by atoms with Crippen molar-refractivity contribution in [2.75, 3.05) is 26.2 Å². The standard InChI is InChI=1S/C16H26N2O/c1-15(2)13-18(16(3,4)12-17-15)10-11-19-14-8-6-5-7-9-14/h5-9,17H,10-13H2,1-4H3. The number of nitrogens with one attached hydrogen (secondary N) is 1. The normalized spacial score (nSPS) is 22.1. The van der Waals surface area contributed by atoms with Crippen molar-refractivity contribution >= 4 is 0 Å². The van der Waals surface area contributed by atoms with Crippen molar-refractivity contribution in [1.82, 2.24) is 10.2 Å². The molecular formula is C16H26N2O. The van der Waals surface area contributed by atoms with Gasteiger partial charge in [0.1, 0.15) is 12.4 Å². The van der Waals surface area contributed by atoms with Crippen LogP contribution in [0.3, 0.4) is 0 Å². The summed E-state index contributed by atoms with van der Waals surface area (Å²) in [6, 6.07) is 10.0. The third kappa shape index (κ3) is 3.95. The van der Waals surface area contributed by atoms with Gasteiger partial charge >= 0.3 is 0 Å². The largest absolute Gasteiger partial charge is 0.492 e. The Morgan fingerprint density at radius 2 is 1.84 bits per heavy atom. The molecule has 1 fully saturated rings. The molecule has 106 valence electrons. The summed E-state index contributed by atoms with van der Waals surface area (Å²) in [5.41, 5.74) is 0.373. The van der Waals surface area contributed by atoms with Crippen LogP contribution in [0.5, 0.6) is 5.75 Å². The van der Waals surface area contributed by atoms with Crippen LogP contribution in [0.15, 0.2) is 30.3 Å². The quantitative estimate of drug-likeness (QED) is 0.902. The van der Waals surface area contributed by atoms with E-state index >= 15 is 0 Å². The van der Waals surface area contributed by atoms with E-state index in [1.165, 1.54) is 0 Å². The summed E-state index contributed by atoms with van der Waals surface area (Å²) in [6.07, 6.45) is 0. The smallest absolute Gasteiger partial charge is 0.119 e. The molecule has 1 aliphatic heterocycles. The lowest BCUT2D eigenvalue weighted by molar-refractivity contribution is 0.0290. The predicted molar refractivity (Wildman–Crippen MR) is 79.7 cm³/mol. The van der Waals surface area contributed by atoms with Gasteiger partial charge in [-0.3, -0.25) is 4.90 Å². The minimum Gasteiger partial charge on any atom is -0.492 e. The van der Waals surface area contributed by atoms with Crippen molar-refractivity contribution < 1.29 is 4.74 Å². The highest BCUT2D eigenvalue weighted by Crippen LogP contribution is 2.23. The molecule has 3 nitrogen and oxygen atoms in total. The van der Waals surface area contributed by atoms with Gasteiger partial charge in [-0.2, -0.15) is 0 Å². The van der Waals surface area contributed by atoms with Gasteiger partial charge in [0.25, 0.3) is 0 Å². The molecule has 0 amide bonds. The first-order valence-corrected chi connectivity index (χ1v) is 7.07. The molecule has 0 aromatic heterocycles. The summed E-state index contributed by atoms with van der Waals surface area (Å²) in [5, 5.41) is 3.60. The minimum atomic E-state index is 0.183. The number of hydrogen-bond donors (Lipinski definition) is 1. The zero-order chi connectivity index (χ0) is 13.9. The molecule has 19 heavy (non-hydrogen) atoms. The maximum atomic E-state index is 5.81. The van der Waals surface area contributed by atoms with Crippen LogP contribution in [0.1, 0.15) is 27.7 Å². The van der Waals surface area contributed by atoms with Gasteiger partial charge in [0.15, 0.2) is 0 Å². The first-order valence-electron chi connectivity index (χ1n) is 7.07. The van der Waals surface area contributed by atoms with Gasteiger partial charge in [-0.1, -0.05) is 18.2 Å². The van der Waals surface area contributed by atoms with Crippen molar-refractivity contribution in [2.45, 2.75) is 38.8 Å². The van der Waals surface area contributed by atoms with Crippen molar-refractivity contribution in [3.05, 3.63) is 30.3 Å². The van der Waals surface area contributed by atoms with Crippen LogP contribution >= 0.6 is 0 Å². The maximum absolute atomic E-state index is 5.81. The first-order chi connectivity index (χ1) is 8.89. The van der Waals surface area contributed by atoms with Crippen LogP contribution in [-0.4, -0.2) is 42.2 Å². The Morgan fingerprint density at radius 1 is 1.16 bits per heavy atom. The maximum Gasteiger partial charge on any atom is 0.119 e. The monoisotopic (exact) mass is 262 g/mol. The number of rotatable bonds is 4. The molecule has 1 N–H and O–H groups in total. The molecule has 0 radical (unpaired) electrons. The Labute approximate surface area is 116 Å². The molecule has 1 aliphatic rings. The summed E-state index contributed by atoms with van der Waals surface area (Å²) in [5.74, 6) is 0.953. The third-order valence-corrected chi connectivity index (χ3v) is 3.81. The van der Waals surface area contributed by atoms with Gasteiger partial charge in [-0.15, -0.1) is 0 Å². The van der Waals surface area contributed by atoms with E-state index in [0.717, 1.165) is 32.0 Å². The molecule has 0 saturated carbocycles. The van der Waals surface area contributed by atoms with Crippen LogP contribution in [-0.2, 0) is 0 Å². The molecule has 0 bridgehead atoms. The molecule has 0 unspecified atom stereocenters. The van der Waals surface area contributed by atoms with Crippen molar-refractivity contribution in [2.24, 2.45) is 0 Å². The van der Waals surface area contributed by atoms with Crippen molar-refractivity contribution in [1.29, 1.82) is 0 Å². The Balaban J connectivity index is 1.87. The topological polar surface area (TPSA) is 24.5 Å². The fourth-order valence-electron chi connectivity index (χ4n) is 2.49. The molecule has 3 heteroatoms. The van der Waals surface area contributed by atoms with Gasteiger partial charge in [-0.25, -0.2) is 0 Å². The van der Waals surface area contributed by atoms with Gasteiger partial charge in [0.05, 0.1) is 0 Å². The lowest BCUT2D eigenvalue weighted by Gasteiger charge is -2.49. The van der Waals surface area contributed by atoms with E-state index in [1.807, 2.05) is 30.3 Å². The van der Waals surface area contributed by atoms with Crippen molar-refractivity contribution in [3.63, 3.8) is 0 Å². The number of nitrogens with zero attached hydrogens (tertiary/aromatic N) is 1. The fraction of sp³-hybridized carbons (Fsp3) is 0.625. The molecule has 1 aromatic rings. The van der Waals surface area contributed by atoms with Gasteiger partial charge in [-0.05, 0) is 39.8 Å². The van der Waals surface area contributed by atoms with Gasteiger partial charge in [0.2, 0.25) is 0 Å². The first kappa shape index (κ1) is 14.4. The van der Waals surface area contributed by atoms with E-state index in [1.54, 1.807) is 0 Å². The number of hydrogen-bond acceptors (Lipinski definition) is 3. The molecule has 1 aromatic carbocycles. The Morgan fingerprint density at radius 3 is 2.53 bits per heavy atom. The summed E-state index contributed by atoms with van der Waals surface area (Å²) in [4.78, 5) is 2.52. The van der Waals surface area contributed by atoms with Crippen LogP contribution < -0.4 is 10.1 Å². The number of piperazine rings is 1. The van der Waals surface area contributed by atoms with Crippen LogP contribution in [0.4, 0.5) is 0 Å².